The van der Waals surface area contributed by atoms with Crippen molar-refractivity contribution in [1.82, 2.24) is 14.7 Å². The number of piperidine rings is 1. The Labute approximate surface area is 198 Å². The average molecular weight is 440 g/mol. The monoisotopic (exact) mass is 439 g/mol. The maximum atomic E-state index is 2.57. The van der Waals surface area contributed by atoms with Crippen LogP contribution in [0.4, 0.5) is 0 Å². The van der Waals surface area contributed by atoms with Crippen LogP contribution in [0.25, 0.3) is 0 Å². The zero-order valence-electron chi connectivity index (χ0n) is 22.9. The Morgan fingerprint density at radius 1 is 0.452 bits per heavy atom. The van der Waals surface area contributed by atoms with E-state index in [0.29, 0.717) is 16.2 Å². The molecule has 3 nitrogen and oxygen atoms in total. The molecule has 0 N–H and O–H groups in total. The first-order valence-corrected chi connectivity index (χ1v) is 12.8. The van der Waals surface area contributed by atoms with Gasteiger partial charge in [0.1, 0.15) is 0 Å². The van der Waals surface area contributed by atoms with E-state index in [1.54, 1.807) is 0 Å². The highest BCUT2D eigenvalue weighted by Crippen LogP contribution is 2.31. The third-order valence-corrected chi connectivity index (χ3v) is 7.31. The summed E-state index contributed by atoms with van der Waals surface area (Å²) in [5.41, 5.74) is 1.78. The fourth-order valence-corrected chi connectivity index (χ4v) is 4.66. The molecule has 0 saturated carbocycles. The maximum Gasteiger partial charge on any atom is 0.00479 e. The smallest absolute Gasteiger partial charge is 0.00479 e. The summed E-state index contributed by atoms with van der Waals surface area (Å²) in [6.07, 6.45) is 4.10. The van der Waals surface area contributed by atoms with Crippen LogP contribution in [0, 0.1) is 16.2 Å². The number of nitrogens with zero attached hydrogens (tertiary/aromatic N) is 3. The second-order valence-electron chi connectivity index (χ2n) is 13.4. The van der Waals surface area contributed by atoms with Gasteiger partial charge in [0.05, 0.1) is 0 Å². The molecule has 0 aliphatic carbocycles. The minimum absolute atomic E-state index is 0. The third-order valence-electron chi connectivity index (χ3n) is 7.31. The predicted molar refractivity (Wildman–Crippen MR) is 142 cm³/mol. The summed E-state index contributed by atoms with van der Waals surface area (Å²) in [6.45, 7) is 35.5. The average Bonchev–Trinajstić information content (AvgIpc) is 2.93. The van der Waals surface area contributed by atoms with Gasteiger partial charge in [-0.2, -0.15) is 0 Å². The summed E-state index contributed by atoms with van der Waals surface area (Å²) >= 11 is 0. The van der Waals surface area contributed by atoms with Gasteiger partial charge in [0.15, 0.2) is 0 Å². The molecule has 0 amide bonds. The van der Waals surface area contributed by atoms with Gasteiger partial charge in [-0.1, -0.05) is 49.0 Å². The van der Waals surface area contributed by atoms with E-state index in [1.807, 2.05) is 0 Å². The van der Waals surface area contributed by atoms with Gasteiger partial charge in [-0.25, -0.2) is 0 Å². The van der Waals surface area contributed by atoms with Crippen molar-refractivity contribution in [3.05, 3.63) is 0 Å². The third kappa shape index (κ3) is 11.5. The van der Waals surface area contributed by atoms with Crippen molar-refractivity contribution < 1.29 is 0 Å². The van der Waals surface area contributed by atoms with Crippen molar-refractivity contribution in [2.24, 2.45) is 16.2 Å². The van der Waals surface area contributed by atoms with Crippen molar-refractivity contribution in [3.63, 3.8) is 0 Å². The predicted octanol–water partition coefficient (Wildman–Crippen LogP) is 7.02. The first kappa shape index (κ1) is 30.9. The lowest BCUT2D eigenvalue weighted by Crippen LogP contribution is -2.55. The van der Waals surface area contributed by atoms with Crippen LogP contribution in [0.1, 0.15) is 110 Å². The Bertz CT molecular complexity index is 472. The second-order valence-corrected chi connectivity index (χ2v) is 13.4. The van der Waals surface area contributed by atoms with E-state index in [4.69, 9.17) is 0 Å². The summed E-state index contributed by atoms with van der Waals surface area (Å²) in [7, 11) is 0. The van der Waals surface area contributed by atoms with Crippen molar-refractivity contribution in [2.45, 2.75) is 128 Å². The number of hydrogen-bond donors (Lipinski definition) is 0. The molecule has 31 heavy (non-hydrogen) atoms. The van der Waals surface area contributed by atoms with E-state index >= 15 is 0 Å². The van der Waals surface area contributed by atoms with E-state index in [0.717, 1.165) is 18.1 Å². The lowest BCUT2D eigenvalue weighted by Gasteiger charge is -2.48. The van der Waals surface area contributed by atoms with Gasteiger partial charge < -0.3 is 9.80 Å². The molecule has 0 radical (unpaired) electrons. The second kappa shape index (κ2) is 12.4. The summed E-state index contributed by atoms with van der Waals surface area (Å²) in [5, 5.41) is 0. The molecule has 0 aromatic heterocycles. The van der Waals surface area contributed by atoms with Gasteiger partial charge in [0, 0.05) is 37.8 Å². The zero-order chi connectivity index (χ0) is 23.3. The first-order valence-electron chi connectivity index (χ1n) is 12.8. The Morgan fingerprint density at radius 2 is 0.774 bits per heavy atom. The molecule has 188 valence electrons. The van der Waals surface area contributed by atoms with Crippen LogP contribution < -0.4 is 0 Å². The fraction of sp³-hybridized carbons (Fsp3) is 1.00. The molecule has 3 heterocycles. The summed E-state index contributed by atoms with van der Waals surface area (Å²) in [5.74, 6) is 0. The Balaban J connectivity index is 0.000000431. The van der Waals surface area contributed by atoms with Gasteiger partial charge >= 0.3 is 0 Å². The molecule has 0 atom stereocenters. The van der Waals surface area contributed by atoms with E-state index < -0.39 is 0 Å². The summed E-state index contributed by atoms with van der Waals surface area (Å²) in [6, 6.07) is 2.23. The molecular weight excluding hydrogens is 378 g/mol. The normalized spacial score (nSPS) is 25.3. The highest BCUT2D eigenvalue weighted by molar-refractivity contribution is 4.89. The SMILES string of the molecule is C.CC(C)N1CC(C)(C)C1.CC(C)N1CCC(C)(C)C1.CC(C)N1CCC(C)(C)CC1. The van der Waals surface area contributed by atoms with Crippen LogP contribution >= 0.6 is 0 Å². The van der Waals surface area contributed by atoms with Crippen molar-refractivity contribution in [2.75, 3.05) is 39.3 Å². The minimum atomic E-state index is 0. The molecule has 3 rings (SSSR count). The minimum Gasteiger partial charge on any atom is -0.301 e. The maximum absolute atomic E-state index is 2.57. The standard InChI is InChI=1S/C10H21N.C9H19N.C8H17N.CH4/c1-9(2)11-7-5-10(3,4)6-8-11;1-8(2)10-6-5-9(3,4)7-10;1-7(2)9-5-8(3,4)6-9;/h9H,5-8H2,1-4H3;8H,5-7H2,1-4H3;7H,5-6H2,1-4H3;1H4. The largest absolute Gasteiger partial charge is 0.301 e. The Kier molecular flexibility index (Phi) is 12.3. The van der Waals surface area contributed by atoms with Crippen LogP contribution in [0.3, 0.4) is 0 Å². The molecular formula is C28H61N3. The molecule has 0 unspecified atom stereocenters. The lowest BCUT2D eigenvalue weighted by atomic mass is 9.82. The van der Waals surface area contributed by atoms with Crippen molar-refractivity contribution in [1.29, 1.82) is 0 Å². The van der Waals surface area contributed by atoms with Crippen LogP contribution in [0.2, 0.25) is 0 Å². The van der Waals surface area contributed by atoms with E-state index in [-0.39, 0.29) is 7.43 Å². The summed E-state index contributed by atoms with van der Waals surface area (Å²) < 4.78 is 0. The van der Waals surface area contributed by atoms with Crippen LogP contribution in [-0.4, -0.2) is 72.1 Å². The van der Waals surface area contributed by atoms with E-state index in [9.17, 15) is 0 Å². The Hall–Kier alpha value is -0.120. The van der Waals surface area contributed by atoms with Gasteiger partial charge in [-0.3, -0.25) is 4.90 Å². The Morgan fingerprint density at radius 3 is 1.00 bits per heavy atom. The quantitative estimate of drug-likeness (QED) is 0.468. The molecule has 3 saturated heterocycles. The number of hydrogen-bond acceptors (Lipinski definition) is 3. The van der Waals surface area contributed by atoms with Gasteiger partial charge in [-0.15, -0.1) is 0 Å². The highest BCUT2D eigenvalue weighted by atomic mass is 15.2. The molecule has 0 bridgehead atoms. The lowest BCUT2D eigenvalue weighted by molar-refractivity contribution is 0.00572. The fourth-order valence-electron chi connectivity index (χ4n) is 4.66. The molecule has 0 aromatic rings. The molecule has 3 aliphatic heterocycles. The molecule has 3 fully saturated rings. The van der Waals surface area contributed by atoms with E-state index in [1.165, 1.54) is 58.5 Å². The molecule has 0 aromatic carbocycles. The number of likely N-dealkylation sites (tertiary alicyclic amines) is 3. The van der Waals surface area contributed by atoms with Crippen molar-refractivity contribution in [3.8, 4) is 0 Å². The highest BCUT2D eigenvalue weighted by Gasteiger charge is 2.35. The van der Waals surface area contributed by atoms with Gasteiger partial charge in [0.25, 0.3) is 0 Å². The molecule has 3 aliphatic rings. The van der Waals surface area contributed by atoms with Crippen molar-refractivity contribution >= 4 is 0 Å². The molecule has 3 heteroatoms. The van der Waals surface area contributed by atoms with Crippen LogP contribution in [0.15, 0.2) is 0 Å². The topological polar surface area (TPSA) is 9.72 Å². The van der Waals surface area contributed by atoms with Gasteiger partial charge in [0.2, 0.25) is 0 Å². The molecule has 0 spiro atoms. The van der Waals surface area contributed by atoms with E-state index in [2.05, 4.69) is 97.8 Å². The first-order chi connectivity index (χ1) is 13.5. The van der Waals surface area contributed by atoms with Gasteiger partial charge in [-0.05, 0) is 96.7 Å². The summed E-state index contributed by atoms with van der Waals surface area (Å²) in [4.78, 5) is 7.63. The number of rotatable bonds is 3. The van der Waals surface area contributed by atoms with Crippen LogP contribution in [-0.2, 0) is 0 Å². The zero-order valence-corrected chi connectivity index (χ0v) is 22.9. The van der Waals surface area contributed by atoms with Crippen LogP contribution in [0.5, 0.6) is 0 Å².